The summed E-state index contributed by atoms with van der Waals surface area (Å²) in [6.07, 6.45) is 0.819. The number of hydrogen-bond acceptors (Lipinski definition) is 3. The van der Waals surface area contributed by atoms with Crippen molar-refractivity contribution in [1.29, 1.82) is 0 Å². The van der Waals surface area contributed by atoms with Crippen LogP contribution >= 0.6 is 0 Å². The molecule has 1 heterocycles. The molecule has 4 nitrogen and oxygen atoms in total. The van der Waals surface area contributed by atoms with E-state index in [9.17, 15) is 4.79 Å². The van der Waals surface area contributed by atoms with Crippen LogP contribution in [0.3, 0.4) is 0 Å². The van der Waals surface area contributed by atoms with Crippen molar-refractivity contribution in [3.05, 3.63) is 0 Å². The second-order valence-electron chi connectivity index (χ2n) is 1.96. The number of hydrogen-bond donors (Lipinski definition) is 2. The summed E-state index contributed by atoms with van der Waals surface area (Å²) < 4.78 is 0. The molecule has 4 heteroatoms. The van der Waals surface area contributed by atoms with Crippen molar-refractivity contribution >= 4 is 12.2 Å². The van der Waals surface area contributed by atoms with E-state index in [-0.39, 0.29) is 6.42 Å². The SMILES string of the molecule is O=C(O)[C@@H]1CC(O)C=N1. The number of carbonyl (C=O) groups is 1. The van der Waals surface area contributed by atoms with Gasteiger partial charge >= 0.3 is 5.97 Å². The number of carboxylic acids is 1. The van der Waals surface area contributed by atoms with Crippen LogP contribution in [0, 0.1) is 0 Å². The van der Waals surface area contributed by atoms with Gasteiger partial charge in [0.1, 0.15) is 6.04 Å². The normalized spacial score (nSPS) is 33.0. The van der Waals surface area contributed by atoms with Gasteiger partial charge in [-0.1, -0.05) is 0 Å². The highest BCUT2D eigenvalue weighted by molar-refractivity contribution is 5.80. The van der Waals surface area contributed by atoms with E-state index in [4.69, 9.17) is 10.2 Å². The predicted molar refractivity (Wildman–Crippen MR) is 30.5 cm³/mol. The Labute approximate surface area is 51.8 Å². The molecule has 0 fully saturated rings. The lowest BCUT2D eigenvalue weighted by Crippen LogP contribution is -2.17. The molecule has 1 aliphatic rings. The summed E-state index contributed by atoms with van der Waals surface area (Å²) in [5.41, 5.74) is 0. The zero-order chi connectivity index (χ0) is 6.85. The van der Waals surface area contributed by atoms with Crippen molar-refractivity contribution in [3.63, 3.8) is 0 Å². The van der Waals surface area contributed by atoms with E-state index in [2.05, 4.69) is 4.99 Å². The lowest BCUT2D eigenvalue weighted by atomic mass is 10.2. The number of aliphatic carboxylic acids is 1. The van der Waals surface area contributed by atoms with Gasteiger partial charge < -0.3 is 10.2 Å². The average Bonchev–Trinajstić information content (AvgIpc) is 2.14. The van der Waals surface area contributed by atoms with Gasteiger partial charge in [-0.05, 0) is 0 Å². The lowest BCUT2D eigenvalue weighted by Gasteiger charge is -1.98. The van der Waals surface area contributed by atoms with Gasteiger partial charge in [0.05, 0.1) is 6.10 Å². The summed E-state index contributed by atoms with van der Waals surface area (Å²) in [5.74, 6) is -0.970. The van der Waals surface area contributed by atoms with Crippen LogP contribution < -0.4 is 0 Å². The third kappa shape index (κ3) is 1.26. The molecule has 50 valence electrons. The van der Waals surface area contributed by atoms with Crippen LogP contribution in [-0.4, -0.2) is 34.5 Å². The van der Waals surface area contributed by atoms with Crippen LogP contribution in [0.2, 0.25) is 0 Å². The maximum absolute atomic E-state index is 10.1. The summed E-state index contributed by atoms with van der Waals surface area (Å²) in [4.78, 5) is 13.7. The fourth-order valence-electron chi connectivity index (χ4n) is 0.718. The largest absolute Gasteiger partial charge is 0.480 e. The maximum atomic E-state index is 10.1. The zero-order valence-electron chi connectivity index (χ0n) is 4.69. The van der Waals surface area contributed by atoms with Crippen molar-refractivity contribution in [2.24, 2.45) is 4.99 Å². The standard InChI is InChI=1S/C5H7NO3/c7-3-1-4(5(8)9)6-2-3/h2-4,7H,1H2,(H,8,9)/t3?,4-/m0/s1. The van der Waals surface area contributed by atoms with Crippen LogP contribution in [0.5, 0.6) is 0 Å². The number of aliphatic imine (C=N–C) groups is 1. The van der Waals surface area contributed by atoms with E-state index < -0.39 is 18.1 Å². The number of nitrogens with zero attached hydrogens (tertiary/aromatic N) is 1. The highest BCUT2D eigenvalue weighted by Gasteiger charge is 2.23. The summed E-state index contributed by atoms with van der Waals surface area (Å²) >= 11 is 0. The Morgan fingerprint density at radius 1 is 1.78 bits per heavy atom. The summed E-state index contributed by atoms with van der Waals surface area (Å²) in [6, 6.07) is -0.722. The summed E-state index contributed by atoms with van der Waals surface area (Å²) in [5, 5.41) is 17.0. The number of rotatable bonds is 1. The first-order valence-electron chi connectivity index (χ1n) is 2.64. The first-order valence-corrected chi connectivity index (χ1v) is 2.64. The Bertz CT molecular complexity index is 154. The molecule has 0 bridgehead atoms. The molecule has 0 aromatic heterocycles. The molecule has 0 saturated heterocycles. The van der Waals surface area contributed by atoms with E-state index >= 15 is 0 Å². The Balaban J connectivity index is 2.50. The van der Waals surface area contributed by atoms with Gasteiger partial charge in [-0.15, -0.1) is 0 Å². The van der Waals surface area contributed by atoms with Crippen molar-refractivity contribution in [3.8, 4) is 0 Å². The number of aliphatic hydroxyl groups is 1. The van der Waals surface area contributed by atoms with Crippen molar-refractivity contribution in [2.75, 3.05) is 0 Å². The Morgan fingerprint density at radius 2 is 2.44 bits per heavy atom. The van der Waals surface area contributed by atoms with E-state index in [1.54, 1.807) is 0 Å². The van der Waals surface area contributed by atoms with Crippen LogP contribution in [0.25, 0.3) is 0 Å². The smallest absolute Gasteiger partial charge is 0.328 e. The highest BCUT2D eigenvalue weighted by Crippen LogP contribution is 2.08. The molecule has 0 aromatic rings. The minimum absolute atomic E-state index is 0.218. The zero-order valence-corrected chi connectivity index (χ0v) is 4.69. The van der Waals surface area contributed by atoms with Crippen LogP contribution in [0.15, 0.2) is 4.99 Å². The van der Waals surface area contributed by atoms with Gasteiger partial charge in [-0.2, -0.15) is 0 Å². The van der Waals surface area contributed by atoms with Crippen molar-refractivity contribution in [1.82, 2.24) is 0 Å². The first kappa shape index (κ1) is 6.22. The minimum Gasteiger partial charge on any atom is -0.480 e. The van der Waals surface area contributed by atoms with E-state index in [1.165, 1.54) is 6.21 Å². The van der Waals surface area contributed by atoms with Gasteiger partial charge in [0.25, 0.3) is 0 Å². The molecule has 0 spiro atoms. The molecule has 0 amide bonds. The molecule has 1 rings (SSSR count). The molecule has 2 N–H and O–H groups in total. The fraction of sp³-hybridized carbons (Fsp3) is 0.600. The van der Waals surface area contributed by atoms with Crippen LogP contribution in [-0.2, 0) is 4.79 Å². The van der Waals surface area contributed by atoms with Gasteiger partial charge in [0.2, 0.25) is 0 Å². The second-order valence-corrected chi connectivity index (χ2v) is 1.96. The Kier molecular flexibility index (Phi) is 1.48. The predicted octanol–water partition coefficient (Wildman–Crippen LogP) is -0.725. The van der Waals surface area contributed by atoms with Crippen molar-refractivity contribution < 1.29 is 15.0 Å². The Hall–Kier alpha value is -0.900. The fourth-order valence-corrected chi connectivity index (χ4v) is 0.718. The Morgan fingerprint density at radius 3 is 2.67 bits per heavy atom. The maximum Gasteiger partial charge on any atom is 0.328 e. The third-order valence-electron chi connectivity index (χ3n) is 1.19. The minimum atomic E-state index is -0.970. The van der Waals surface area contributed by atoms with Crippen LogP contribution in [0.1, 0.15) is 6.42 Å². The molecule has 9 heavy (non-hydrogen) atoms. The quantitative estimate of drug-likeness (QED) is 0.490. The molecule has 1 aliphatic heterocycles. The number of carboxylic acid groups (broad SMARTS) is 1. The van der Waals surface area contributed by atoms with Gasteiger partial charge in [-0.25, -0.2) is 4.79 Å². The molecule has 0 saturated carbocycles. The summed E-state index contributed by atoms with van der Waals surface area (Å²) in [6.45, 7) is 0. The lowest BCUT2D eigenvalue weighted by molar-refractivity contribution is -0.138. The van der Waals surface area contributed by atoms with Crippen LogP contribution in [0.4, 0.5) is 0 Å². The van der Waals surface area contributed by atoms with Gasteiger partial charge in [-0.3, -0.25) is 4.99 Å². The van der Waals surface area contributed by atoms with E-state index in [1.807, 2.05) is 0 Å². The second kappa shape index (κ2) is 2.14. The molecule has 1 unspecified atom stereocenters. The monoisotopic (exact) mass is 129 g/mol. The molecule has 0 aromatic carbocycles. The average molecular weight is 129 g/mol. The third-order valence-corrected chi connectivity index (χ3v) is 1.19. The molecule has 0 radical (unpaired) electrons. The highest BCUT2D eigenvalue weighted by atomic mass is 16.4. The van der Waals surface area contributed by atoms with E-state index in [0.717, 1.165) is 0 Å². The number of aliphatic hydroxyl groups excluding tert-OH is 1. The molecular weight excluding hydrogens is 122 g/mol. The van der Waals surface area contributed by atoms with Gasteiger partial charge in [0.15, 0.2) is 0 Å². The van der Waals surface area contributed by atoms with E-state index in [0.29, 0.717) is 0 Å². The molecular formula is C5H7NO3. The van der Waals surface area contributed by atoms with Crippen molar-refractivity contribution in [2.45, 2.75) is 18.6 Å². The molecule has 2 atom stereocenters. The topological polar surface area (TPSA) is 69.9 Å². The molecule has 0 aliphatic carbocycles. The first-order chi connectivity index (χ1) is 4.20. The summed E-state index contributed by atoms with van der Waals surface area (Å²) in [7, 11) is 0. The van der Waals surface area contributed by atoms with Gasteiger partial charge in [0, 0.05) is 12.6 Å².